The van der Waals surface area contributed by atoms with Crippen LogP contribution in [0, 0.1) is 0 Å². The molecule has 2 N–H and O–H groups in total. The van der Waals surface area contributed by atoms with Crippen LogP contribution in [0.4, 0.5) is 10.5 Å². The standard InChI is InChI=1S/C21H24N2O5/c24-21(22-10-9-15-3-8-19-20(12-15)28-14-27-19)23-16-4-6-17(7-5-16)26-13-18-2-1-11-25-18/h3-8,12,18H,1-2,9-11,13-14H2,(H2,22,23,24)/t18-/m0/s1. The number of amides is 2. The first-order chi connectivity index (χ1) is 13.8. The third kappa shape index (κ3) is 4.86. The molecule has 0 aliphatic carbocycles. The summed E-state index contributed by atoms with van der Waals surface area (Å²) in [6, 6.07) is 12.9. The second-order valence-corrected chi connectivity index (χ2v) is 6.79. The first kappa shape index (κ1) is 18.4. The molecule has 2 aliphatic rings. The van der Waals surface area contributed by atoms with Crippen LogP contribution in [-0.4, -0.2) is 38.7 Å². The fourth-order valence-electron chi connectivity index (χ4n) is 3.19. The monoisotopic (exact) mass is 384 g/mol. The van der Waals surface area contributed by atoms with Gasteiger partial charge in [-0.2, -0.15) is 0 Å². The van der Waals surface area contributed by atoms with Crippen LogP contribution < -0.4 is 24.8 Å². The van der Waals surface area contributed by atoms with Gasteiger partial charge in [-0.15, -0.1) is 0 Å². The van der Waals surface area contributed by atoms with E-state index in [4.69, 9.17) is 18.9 Å². The van der Waals surface area contributed by atoms with Crippen LogP contribution in [0.15, 0.2) is 42.5 Å². The minimum atomic E-state index is -0.242. The number of carbonyl (C=O) groups excluding carboxylic acids is 1. The summed E-state index contributed by atoms with van der Waals surface area (Å²) in [6.45, 7) is 2.17. The lowest BCUT2D eigenvalue weighted by Crippen LogP contribution is -2.30. The van der Waals surface area contributed by atoms with Gasteiger partial charge in [0.25, 0.3) is 0 Å². The van der Waals surface area contributed by atoms with E-state index in [9.17, 15) is 4.79 Å². The van der Waals surface area contributed by atoms with Crippen LogP contribution in [0.5, 0.6) is 17.2 Å². The van der Waals surface area contributed by atoms with Crippen LogP contribution >= 0.6 is 0 Å². The molecule has 0 bridgehead atoms. The molecule has 2 aromatic carbocycles. The van der Waals surface area contributed by atoms with Crippen LogP contribution in [0.25, 0.3) is 0 Å². The van der Waals surface area contributed by atoms with E-state index in [-0.39, 0.29) is 18.9 Å². The lowest BCUT2D eigenvalue weighted by molar-refractivity contribution is 0.0679. The number of nitrogens with one attached hydrogen (secondary N) is 2. The summed E-state index contributed by atoms with van der Waals surface area (Å²) in [5.74, 6) is 2.28. The fraction of sp³-hybridized carbons (Fsp3) is 0.381. The molecule has 2 amide bonds. The van der Waals surface area contributed by atoms with Crippen molar-refractivity contribution in [1.82, 2.24) is 5.32 Å². The normalized spacial score (nSPS) is 17.4. The van der Waals surface area contributed by atoms with Gasteiger partial charge in [0.15, 0.2) is 11.5 Å². The van der Waals surface area contributed by atoms with E-state index >= 15 is 0 Å². The van der Waals surface area contributed by atoms with E-state index in [1.165, 1.54) is 0 Å². The molecular weight excluding hydrogens is 360 g/mol. The van der Waals surface area contributed by atoms with Gasteiger partial charge in [-0.3, -0.25) is 0 Å². The first-order valence-corrected chi connectivity index (χ1v) is 9.54. The molecule has 0 radical (unpaired) electrons. The average molecular weight is 384 g/mol. The average Bonchev–Trinajstić information content (AvgIpc) is 3.39. The maximum Gasteiger partial charge on any atom is 0.319 e. The smallest absolute Gasteiger partial charge is 0.319 e. The van der Waals surface area contributed by atoms with Gasteiger partial charge in [-0.05, 0) is 61.2 Å². The number of rotatable bonds is 7. The van der Waals surface area contributed by atoms with Crippen molar-refractivity contribution in [2.24, 2.45) is 0 Å². The fourth-order valence-corrected chi connectivity index (χ4v) is 3.19. The predicted octanol–water partition coefficient (Wildman–Crippen LogP) is 3.34. The van der Waals surface area contributed by atoms with Crippen molar-refractivity contribution >= 4 is 11.7 Å². The minimum Gasteiger partial charge on any atom is -0.491 e. The zero-order chi connectivity index (χ0) is 19.2. The molecule has 4 rings (SSSR count). The molecule has 7 nitrogen and oxygen atoms in total. The van der Waals surface area contributed by atoms with Gasteiger partial charge >= 0.3 is 6.03 Å². The number of anilines is 1. The second kappa shape index (κ2) is 8.84. The zero-order valence-electron chi connectivity index (χ0n) is 15.6. The number of hydrogen-bond acceptors (Lipinski definition) is 5. The molecule has 148 valence electrons. The second-order valence-electron chi connectivity index (χ2n) is 6.79. The highest BCUT2D eigenvalue weighted by molar-refractivity contribution is 5.89. The molecule has 2 aromatic rings. The summed E-state index contributed by atoms with van der Waals surface area (Å²) >= 11 is 0. The Morgan fingerprint density at radius 3 is 2.79 bits per heavy atom. The van der Waals surface area contributed by atoms with Crippen molar-refractivity contribution in [3.8, 4) is 17.2 Å². The Bertz CT molecular complexity index is 803. The highest BCUT2D eigenvalue weighted by Crippen LogP contribution is 2.32. The Labute approximate surface area is 163 Å². The predicted molar refractivity (Wildman–Crippen MR) is 104 cm³/mol. The van der Waals surface area contributed by atoms with Crippen molar-refractivity contribution in [2.75, 3.05) is 31.9 Å². The first-order valence-electron chi connectivity index (χ1n) is 9.54. The molecule has 1 saturated heterocycles. The minimum absolute atomic E-state index is 0.188. The number of ether oxygens (including phenoxy) is 4. The van der Waals surface area contributed by atoms with E-state index in [0.29, 0.717) is 25.3 Å². The van der Waals surface area contributed by atoms with E-state index in [1.54, 1.807) is 0 Å². The van der Waals surface area contributed by atoms with Gasteiger partial charge in [-0.25, -0.2) is 4.79 Å². The Morgan fingerprint density at radius 2 is 1.96 bits per heavy atom. The molecule has 0 spiro atoms. The molecular formula is C21H24N2O5. The van der Waals surface area contributed by atoms with Crippen molar-refractivity contribution in [1.29, 1.82) is 0 Å². The Hall–Kier alpha value is -2.93. The molecule has 28 heavy (non-hydrogen) atoms. The highest BCUT2D eigenvalue weighted by Gasteiger charge is 2.16. The Kier molecular flexibility index (Phi) is 5.82. The largest absolute Gasteiger partial charge is 0.491 e. The maximum absolute atomic E-state index is 12.1. The highest BCUT2D eigenvalue weighted by atomic mass is 16.7. The summed E-state index contributed by atoms with van der Waals surface area (Å²) in [6.07, 6.45) is 3.04. The maximum atomic E-state index is 12.1. The number of fused-ring (bicyclic) bond motifs is 1. The number of carbonyl (C=O) groups is 1. The van der Waals surface area contributed by atoms with Gasteiger partial charge in [-0.1, -0.05) is 6.07 Å². The lowest BCUT2D eigenvalue weighted by atomic mass is 10.1. The van der Waals surface area contributed by atoms with Crippen LogP contribution in [0.3, 0.4) is 0 Å². The van der Waals surface area contributed by atoms with Crippen LogP contribution in [-0.2, 0) is 11.2 Å². The summed E-state index contributed by atoms with van der Waals surface area (Å²) in [7, 11) is 0. The third-order valence-electron chi connectivity index (χ3n) is 4.71. The molecule has 2 heterocycles. The summed E-state index contributed by atoms with van der Waals surface area (Å²) in [5.41, 5.74) is 1.79. The van der Waals surface area contributed by atoms with Crippen molar-refractivity contribution in [3.63, 3.8) is 0 Å². The van der Waals surface area contributed by atoms with Gasteiger partial charge in [0.2, 0.25) is 6.79 Å². The third-order valence-corrected chi connectivity index (χ3v) is 4.71. The van der Waals surface area contributed by atoms with Crippen molar-refractivity contribution < 1.29 is 23.7 Å². The Morgan fingerprint density at radius 1 is 1.11 bits per heavy atom. The van der Waals surface area contributed by atoms with E-state index in [2.05, 4.69) is 10.6 Å². The summed E-state index contributed by atoms with van der Waals surface area (Å²) in [5, 5.41) is 5.67. The summed E-state index contributed by atoms with van der Waals surface area (Å²) < 4.78 is 21.9. The molecule has 0 saturated carbocycles. The lowest BCUT2D eigenvalue weighted by Gasteiger charge is -2.12. The van der Waals surface area contributed by atoms with Gasteiger partial charge in [0.05, 0.1) is 6.10 Å². The molecule has 0 aromatic heterocycles. The molecule has 7 heteroatoms. The SMILES string of the molecule is O=C(NCCc1ccc2c(c1)OCO2)Nc1ccc(OC[C@@H]2CCCO2)cc1. The molecule has 1 atom stereocenters. The zero-order valence-corrected chi connectivity index (χ0v) is 15.6. The van der Waals surface area contributed by atoms with Crippen molar-refractivity contribution in [2.45, 2.75) is 25.4 Å². The van der Waals surface area contributed by atoms with Gasteiger partial charge in [0.1, 0.15) is 12.4 Å². The quantitative estimate of drug-likeness (QED) is 0.766. The van der Waals surface area contributed by atoms with Crippen LogP contribution in [0.1, 0.15) is 18.4 Å². The molecule has 1 fully saturated rings. The number of benzene rings is 2. The summed E-state index contributed by atoms with van der Waals surface area (Å²) in [4.78, 5) is 12.1. The van der Waals surface area contributed by atoms with Crippen molar-refractivity contribution in [3.05, 3.63) is 48.0 Å². The van der Waals surface area contributed by atoms with Crippen LogP contribution in [0.2, 0.25) is 0 Å². The van der Waals surface area contributed by atoms with E-state index in [1.807, 2.05) is 42.5 Å². The van der Waals surface area contributed by atoms with E-state index < -0.39 is 0 Å². The van der Waals surface area contributed by atoms with Gasteiger partial charge < -0.3 is 29.6 Å². The molecule has 2 aliphatic heterocycles. The van der Waals surface area contributed by atoms with E-state index in [0.717, 1.165) is 42.3 Å². The number of hydrogen-bond donors (Lipinski definition) is 2. The van der Waals surface area contributed by atoms with Gasteiger partial charge in [0, 0.05) is 18.8 Å². The Balaban J connectivity index is 1.18. The molecule has 0 unspecified atom stereocenters. The topological polar surface area (TPSA) is 78.1 Å². The number of urea groups is 1.